The van der Waals surface area contributed by atoms with Gasteiger partial charge in [0.2, 0.25) is 5.89 Å². The van der Waals surface area contributed by atoms with E-state index in [2.05, 4.69) is 27.4 Å². The van der Waals surface area contributed by atoms with Crippen LogP contribution in [0, 0.1) is 6.92 Å². The van der Waals surface area contributed by atoms with Crippen molar-refractivity contribution in [3.05, 3.63) is 28.3 Å². The molecule has 1 N–H and O–H groups in total. The summed E-state index contributed by atoms with van der Waals surface area (Å²) in [5.41, 5.74) is 1.84. The van der Waals surface area contributed by atoms with E-state index >= 15 is 0 Å². The van der Waals surface area contributed by atoms with E-state index in [1.807, 2.05) is 11.7 Å². The highest BCUT2D eigenvalue weighted by Gasteiger charge is 2.07. The normalized spacial score (nSPS) is 12.9. The average Bonchev–Trinajstić information content (AvgIpc) is 2.89. The lowest BCUT2D eigenvalue weighted by atomic mass is 10.3. The lowest BCUT2D eigenvalue weighted by molar-refractivity contribution is 0.386. The minimum absolute atomic E-state index is 0.320. The first kappa shape index (κ1) is 11.2. The number of rotatable bonds is 5. The minimum atomic E-state index is 0.320. The van der Waals surface area contributed by atoms with E-state index < -0.39 is 0 Å². The van der Waals surface area contributed by atoms with Gasteiger partial charge in [0.05, 0.1) is 5.51 Å². The highest BCUT2D eigenvalue weighted by molar-refractivity contribution is 7.09. The molecule has 2 aromatic heterocycles. The van der Waals surface area contributed by atoms with Gasteiger partial charge < -0.3 is 9.84 Å². The van der Waals surface area contributed by atoms with E-state index in [1.54, 1.807) is 18.3 Å². The molecule has 2 rings (SSSR count). The quantitative estimate of drug-likeness (QED) is 0.859. The second-order valence-corrected chi connectivity index (χ2v) is 4.48. The first-order valence-corrected chi connectivity index (χ1v) is 6.04. The largest absolute Gasteiger partial charge is 0.340 e. The van der Waals surface area contributed by atoms with Crippen molar-refractivity contribution in [2.45, 2.75) is 26.3 Å². The molecule has 2 aromatic rings. The van der Waals surface area contributed by atoms with Gasteiger partial charge in [-0.3, -0.25) is 4.98 Å². The average molecular weight is 238 g/mol. The number of hydrogen-bond donors (Lipinski definition) is 1. The van der Waals surface area contributed by atoms with Gasteiger partial charge in [-0.1, -0.05) is 5.16 Å². The van der Waals surface area contributed by atoms with Crippen LogP contribution in [0.25, 0.3) is 0 Å². The Morgan fingerprint density at radius 1 is 1.56 bits per heavy atom. The van der Waals surface area contributed by atoms with Crippen LogP contribution in [-0.4, -0.2) is 21.7 Å². The molecule has 6 heteroatoms. The van der Waals surface area contributed by atoms with Crippen molar-refractivity contribution in [2.75, 3.05) is 6.54 Å². The Kier molecular flexibility index (Phi) is 3.63. The van der Waals surface area contributed by atoms with Gasteiger partial charge in [0.1, 0.15) is 0 Å². The van der Waals surface area contributed by atoms with Gasteiger partial charge >= 0.3 is 0 Å². The van der Waals surface area contributed by atoms with E-state index in [1.165, 1.54) is 4.88 Å². The molecule has 0 aromatic carbocycles. The Hall–Kier alpha value is -1.27. The van der Waals surface area contributed by atoms with Crippen LogP contribution < -0.4 is 5.32 Å². The predicted octanol–water partition coefficient (Wildman–Crippen LogP) is 1.73. The van der Waals surface area contributed by atoms with Crippen molar-refractivity contribution >= 4 is 11.3 Å². The van der Waals surface area contributed by atoms with Crippen LogP contribution in [0.3, 0.4) is 0 Å². The lowest BCUT2D eigenvalue weighted by Gasteiger charge is -2.09. The standard InChI is InChI=1S/C10H14N4OS/c1-7(9-5-11-6-16-9)12-4-3-10-13-8(2)15-14-10/h5-7,12H,3-4H2,1-2H3. The summed E-state index contributed by atoms with van der Waals surface area (Å²) >= 11 is 1.66. The molecule has 0 saturated carbocycles. The molecular weight excluding hydrogens is 224 g/mol. The molecule has 1 unspecified atom stereocenters. The number of nitrogens with one attached hydrogen (secondary N) is 1. The van der Waals surface area contributed by atoms with Gasteiger partial charge in [-0.15, -0.1) is 11.3 Å². The summed E-state index contributed by atoms with van der Waals surface area (Å²) in [6.07, 6.45) is 2.67. The molecule has 1 atom stereocenters. The number of hydrogen-bond acceptors (Lipinski definition) is 6. The van der Waals surface area contributed by atoms with Crippen molar-refractivity contribution in [1.29, 1.82) is 0 Å². The molecule has 0 fully saturated rings. The zero-order valence-corrected chi connectivity index (χ0v) is 10.1. The molecule has 0 bridgehead atoms. The molecule has 2 heterocycles. The first-order chi connectivity index (χ1) is 7.75. The summed E-state index contributed by atoms with van der Waals surface area (Å²) in [5, 5.41) is 7.23. The van der Waals surface area contributed by atoms with E-state index in [4.69, 9.17) is 4.52 Å². The summed E-state index contributed by atoms with van der Waals surface area (Å²) in [4.78, 5) is 9.43. The van der Waals surface area contributed by atoms with Crippen molar-refractivity contribution in [3.8, 4) is 0 Å². The van der Waals surface area contributed by atoms with Gasteiger partial charge in [0, 0.05) is 37.0 Å². The molecule has 0 spiro atoms. The number of aromatic nitrogens is 3. The van der Waals surface area contributed by atoms with Crippen LogP contribution in [0.15, 0.2) is 16.2 Å². The summed E-state index contributed by atoms with van der Waals surface area (Å²) in [5.74, 6) is 1.37. The molecule has 0 aliphatic heterocycles. The Morgan fingerprint density at radius 3 is 3.06 bits per heavy atom. The maximum atomic E-state index is 4.90. The van der Waals surface area contributed by atoms with Crippen molar-refractivity contribution in [3.63, 3.8) is 0 Å². The summed E-state index contributed by atoms with van der Waals surface area (Å²) in [7, 11) is 0. The fourth-order valence-electron chi connectivity index (χ4n) is 1.38. The molecule has 0 amide bonds. The molecule has 86 valence electrons. The fraction of sp³-hybridized carbons (Fsp3) is 0.500. The molecule has 0 radical (unpaired) electrons. The zero-order chi connectivity index (χ0) is 11.4. The number of nitrogens with zero attached hydrogens (tertiary/aromatic N) is 3. The Balaban J connectivity index is 1.76. The monoisotopic (exact) mass is 238 g/mol. The first-order valence-electron chi connectivity index (χ1n) is 5.16. The molecule has 0 aliphatic carbocycles. The highest BCUT2D eigenvalue weighted by atomic mass is 32.1. The van der Waals surface area contributed by atoms with Crippen LogP contribution in [0.4, 0.5) is 0 Å². The van der Waals surface area contributed by atoms with Crippen LogP contribution >= 0.6 is 11.3 Å². The van der Waals surface area contributed by atoms with Gasteiger partial charge in [-0.25, -0.2) is 0 Å². The Labute approximate surface area is 97.9 Å². The van der Waals surface area contributed by atoms with E-state index in [9.17, 15) is 0 Å². The Morgan fingerprint density at radius 2 is 2.44 bits per heavy atom. The van der Waals surface area contributed by atoms with Crippen LogP contribution in [-0.2, 0) is 6.42 Å². The summed E-state index contributed by atoms with van der Waals surface area (Å²) in [6.45, 7) is 4.75. The van der Waals surface area contributed by atoms with Gasteiger partial charge in [0.15, 0.2) is 5.82 Å². The third-order valence-electron chi connectivity index (χ3n) is 2.25. The van der Waals surface area contributed by atoms with Gasteiger partial charge in [-0.05, 0) is 6.92 Å². The number of aryl methyl sites for hydroxylation is 1. The maximum absolute atomic E-state index is 4.90. The second-order valence-electron chi connectivity index (χ2n) is 3.56. The predicted molar refractivity (Wildman–Crippen MR) is 61.3 cm³/mol. The molecule has 0 aliphatic rings. The van der Waals surface area contributed by atoms with Crippen molar-refractivity contribution in [2.24, 2.45) is 0 Å². The summed E-state index contributed by atoms with van der Waals surface area (Å²) in [6, 6.07) is 0.320. The van der Waals surface area contributed by atoms with Gasteiger partial charge in [0.25, 0.3) is 0 Å². The second kappa shape index (κ2) is 5.18. The highest BCUT2D eigenvalue weighted by Crippen LogP contribution is 2.15. The van der Waals surface area contributed by atoms with E-state index in [0.29, 0.717) is 11.9 Å². The Bertz CT molecular complexity index is 426. The van der Waals surface area contributed by atoms with Crippen LogP contribution in [0.2, 0.25) is 0 Å². The van der Waals surface area contributed by atoms with Gasteiger partial charge in [-0.2, -0.15) is 4.98 Å². The van der Waals surface area contributed by atoms with Crippen molar-refractivity contribution < 1.29 is 4.52 Å². The van der Waals surface area contributed by atoms with E-state index in [-0.39, 0.29) is 0 Å². The third-order valence-corrected chi connectivity index (χ3v) is 3.21. The molecular formula is C10H14N4OS. The molecule has 5 nitrogen and oxygen atoms in total. The zero-order valence-electron chi connectivity index (χ0n) is 9.30. The minimum Gasteiger partial charge on any atom is -0.340 e. The molecule has 16 heavy (non-hydrogen) atoms. The fourth-order valence-corrected chi connectivity index (χ4v) is 2.04. The van der Waals surface area contributed by atoms with E-state index in [0.717, 1.165) is 18.8 Å². The topological polar surface area (TPSA) is 63.8 Å². The summed E-state index contributed by atoms with van der Waals surface area (Å²) < 4.78 is 4.90. The lowest BCUT2D eigenvalue weighted by Crippen LogP contribution is -2.21. The SMILES string of the molecule is Cc1nc(CCNC(C)c2cncs2)no1. The maximum Gasteiger partial charge on any atom is 0.223 e. The smallest absolute Gasteiger partial charge is 0.223 e. The number of thiazole rings is 1. The molecule has 0 saturated heterocycles. The van der Waals surface area contributed by atoms with Crippen LogP contribution in [0.5, 0.6) is 0 Å². The van der Waals surface area contributed by atoms with Crippen molar-refractivity contribution in [1.82, 2.24) is 20.4 Å². The third kappa shape index (κ3) is 2.86. The van der Waals surface area contributed by atoms with Crippen LogP contribution in [0.1, 0.15) is 29.6 Å².